The Morgan fingerprint density at radius 1 is 1.15 bits per heavy atom. The minimum absolute atomic E-state index is 0.0396. The minimum atomic E-state index is -3.72. The van der Waals surface area contributed by atoms with Crippen LogP contribution < -0.4 is 10.1 Å². The molecule has 9 nitrogen and oxygen atoms in total. The van der Waals surface area contributed by atoms with E-state index < -0.39 is 28.5 Å². The Morgan fingerprint density at radius 2 is 1.88 bits per heavy atom. The van der Waals surface area contributed by atoms with Crippen LogP contribution in [-0.4, -0.2) is 55.9 Å². The number of esters is 1. The van der Waals surface area contributed by atoms with Gasteiger partial charge in [0.1, 0.15) is 5.56 Å². The van der Waals surface area contributed by atoms with E-state index >= 15 is 0 Å². The predicted octanol–water partition coefficient (Wildman–Crippen LogP) is 3.49. The number of nitrogens with zero attached hydrogens (tertiary/aromatic N) is 2. The average molecular weight is 496 g/mol. The van der Waals surface area contributed by atoms with E-state index in [0.29, 0.717) is 19.7 Å². The van der Waals surface area contributed by atoms with Crippen molar-refractivity contribution in [2.45, 2.75) is 37.5 Å². The van der Waals surface area contributed by atoms with E-state index in [4.69, 9.17) is 21.1 Å². The first-order chi connectivity index (χ1) is 15.8. The lowest BCUT2D eigenvalue weighted by Gasteiger charge is -2.20. The molecular formula is C22H26ClN3O6S. The van der Waals surface area contributed by atoms with Crippen molar-refractivity contribution in [3.8, 4) is 5.88 Å². The molecule has 0 unspecified atom stereocenters. The smallest absolute Gasteiger partial charge is 0.344 e. The number of halogens is 1. The SMILES string of the molecule is CCOc1ncccc1C(=O)OCC(=O)Nc1cc(S(=O)(=O)N2CCCCCC2)ccc1Cl. The van der Waals surface area contributed by atoms with Gasteiger partial charge in [0.05, 0.1) is 22.2 Å². The molecule has 0 radical (unpaired) electrons. The number of rotatable bonds is 8. The Balaban J connectivity index is 1.67. The van der Waals surface area contributed by atoms with Crippen LogP contribution in [0.4, 0.5) is 5.69 Å². The van der Waals surface area contributed by atoms with Crippen LogP contribution in [0.25, 0.3) is 0 Å². The summed E-state index contributed by atoms with van der Waals surface area (Å²) in [7, 11) is -3.72. The minimum Gasteiger partial charge on any atom is -0.477 e. The number of anilines is 1. The molecule has 0 bridgehead atoms. The zero-order chi connectivity index (χ0) is 23.8. The second kappa shape index (κ2) is 11.4. The number of amides is 1. The lowest BCUT2D eigenvalue weighted by molar-refractivity contribution is -0.119. The number of carbonyl (C=O) groups excluding carboxylic acids is 2. The third kappa shape index (κ3) is 6.43. The van der Waals surface area contributed by atoms with Gasteiger partial charge in [-0.05, 0) is 50.1 Å². The highest BCUT2D eigenvalue weighted by atomic mass is 35.5. The van der Waals surface area contributed by atoms with Gasteiger partial charge in [-0.3, -0.25) is 4.79 Å². The van der Waals surface area contributed by atoms with Gasteiger partial charge in [0.15, 0.2) is 6.61 Å². The standard InChI is InChI=1S/C22H26ClN3O6S/c1-2-31-21-17(8-7-11-24-21)22(28)32-15-20(27)25-19-14-16(9-10-18(19)23)33(29,30)26-12-5-3-4-6-13-26/h7-11,14H,2-6,12-13,15H2,1H3,(H,25,27). The summed E-state index contributed by atoms with van der Waals surface area (Å²) in [6.07, 6.45) is 5.09. The van der Waals surface area contributed by atoms with E-state index in [0.717, 1.165) is 25.7 Å². The molecule has 2 aromatic rings. The fourth-order valence-electron chi connectivity index (χ4n) is 3.38. The Hall–Kier alpha value is -2.69. The maximum Gasteiger partial charge on any atom is 0.344 e. The summed E-state index contributed by atoms with van der Waals surface area (Å²) in [4.78, 5) is 28.7. The number of nitrogens with one attached hydrogen (secondary N) is 1. The molecule has 1 aromatic heterocycles. The number of carbonyl (C=O) groups is 2. The lowest BCUT2D eigenvalue weighted by Crippen LogP contribution is -2.32. The second-order valence-electron chi connectivity index (χ2n) is 7.37. The van der Waals surface area contributed by atoms with Crippen molar-refractivity contribution in [2.75, 3.05) is 31.6 Å². The zero-order valence-electron chi connectivity index (χ0n) is 18.3. The second-order valence-corrected chi connectivity index (χ2v) is 9.72. The highest BCUT2D eigenvalue weighted by Crippen LogP contribution is 2.28. The first-order valence-electron chi connectivity index (χ1n) is 10.7. The van der Waals surface area contributed by atoms with Gasteiger partial charge < -0.3 is 14.8 Å². The van der Waals surface area contributed by atoms with Gasteiger partial charge in [0, 0.05) is 19.3 Å². The molecule has 33 heavy (non-hydrogen) atoms. The molecule has 178 valence electrons. The third-order valence-electron chi connectivity index (χ3n) is 5.02. The summed E-state index contributed by atoms with van der Waals surface area (Å²) < 4.78 is 37.9. The number of pyridine rings is 1. The van der Waals surface area contributed by atoms with Gasteiger partial charge in [0.25, 0.3) is 5.91 Å². The molecule has 0 spiro atoms. The molecule has 2 heterocycles. The molecule has 1 aliphatic rings. The molecule has 0 aliphatic carbocycles. The maximum atomic E-state index is 13.0. The van der Waals surface area contributed by atoms with Crippen LogP contribution >= 0.6 is 11.6 Å². The highest BCUT2D eigenvalue weighted by molar-refractivity contribution is 7.89. The summed E-state index contributed by atoms with van der Waals surface area (Å²) in [5.41, 5.74) is 0.209. The predicted molar refractivity (Wildman–Crippen MR) is 123 cm³/mol. The van der Waals surface area contributed by atoms with Gasteiger partial charge in [0.2, 0.25) is 15.9 Å². The normalized spacial score (nSPS) is 14.8. The number of ether oxygens (including phenoxy) is 2. The van der Waals surface area contributed by atoms with Gasteiger partial charge >= 0.3 is 5.97 Å². The van der Waals surface area contributed by atoms with Crippen molar-refractivity contribution in [1.29, 1.82) is 0 Å². The van der Waals surface area contributed by atoms with Crippen molar-refractivity contribution < 1.29 is 27.5 Å². The van der Waals surface area contributed by atoms with Crippen molar-refractivity contribution >= 4 is 39.2 Å². The van der Waals surface area contributed by atoms with Crippen LogP contribution in [0, 0.1) is 0 Å². The number of hydrogen-bond donors (Lipinski definition) is 1. The molecule has 1 N–H and O–H groups in total. The van der Waals surface area contributed by atoms with Crippen LogP contribution in [-0.2, 0) is 19.6 Å². The summed E-state index contributed by atoms with van der Waals surface area (Å²) in [6.45, 7) is 2.38. The van der Waals surface area contributed by atoms with Crippen molar-refractivity contribution in [2.24, 2.45) is 0 Å². The van der Waals surface area contributed by atoms with Crippen molar-refractivity contribution in [3.05, 3.63) is 47.1 Å². The molecule has 1 aliphatic heterocycles. The largest absolute Gasteiger partial charge is 0.477 e. The topological polar surface area (TPSA) is 115 Å². The van der Waals surface area contributed by atoms with E-state index in [1.807, 2.05) is 0 Å². The van der Waals surface area contributed by atoms with Gasteiger partial charge in [-0.15, -0.1) is 0 Å². The number of sulfonamides is 1. The highest BCUT2D eigenvalue weighted by Gasteiger charge is 2.26. The summed E-state index contributed by atoms with van der Waals surface area (Å²) in [5.74, 6) is -1.33. The van der Waals surface area contributed by atoms with Crippen LogP contribution in [0.2, 0.25) is 5.02 Å². The fourth-order valence-corrected chi connectivity index (χ4v) is 5.09. The van der Waals surface area contributed by atoms with E-state index in [2.05, 4.69) is 10.3 Å². The quantitative estimate of drug-likeness (QED) is 0.557. The molecule has 1 amide bonds. The first-order valence-corrected chi connectivity index (χ1v) is 12.5. The van der Waals surface area contributed by atoms with E-state index in [1.54, 1.807) is 13.0 Å². The first kappa shape index (κ1) is 24.9. The monoisotopic (exact) mass is 495 g/mol. The maximum absolute atomic E-state index is 13.0. The Morgan fingerprint density at radius 3 is 2.58 bits per heavy atom. The molecule has 1 saturated heterocycles. The van der Waals surface area contributed by atoms with E-state index in [1.165, 1.54) is 34.8 Å². The van der Waals surface area contributed by atoms with Gasteiger partial charge in [-0.25, -0.2) is 18.2 Å². The molecule has 1 fully saturated rings. The summed E-state index contributed by atoms with van der Waals surface area (Å²) in [6, 6.07) is 7.17. The summed E-state index contributed by atoms with van der Waals surface area (Å²) >= 11 is 6.16. The van der Waals surface area contributed by atoms with E-state index in [-0.39, 0.29) is 27.0 Å². The van der Waals surface area contributed by atoms with E-state index in [9.17, 15) is 18.0 Å². The number of aromatic nitrogens is 1. The van der Waals surface area contributed by atoms with Gasteiger partial charge in [-0.1, -0.05) is 24.4 Å². The van der Waals surface area contributed by atoms with Crippen molar-refractivity contribution in [1.82, 2.24) is 9.29 Å². The molecule has 0 atom stereocenters. The zero-order valence-corrected chi connectivity index (χ0v) is 19.8. The van der Waals surface area contributed by atoms with Crippen LogP contribution in [0.15, 0.2) is 41.4 Å². The Bertz CT molecular complexity index is 1100. The fraction of sp³-hybridized carbons (Fsp3) is 0.409. The Kier molecular flexibility index (Phi) is 8.65. The number of hydrogen-bond acceptors (Lipinski definition) is 7. The lowest BCUT2D eigenvalue weighted by atomic mass is 10.2. The number of benzene rings is 1. The molecule has 1 aromatic carbocycles. The Labute approximate surface area is 198 Å². The molecular weight excluding hydrogens is 470 g/mol. The van der Waals surface area contributed by atoms with Crippen LogP contribution in [0.5, 0.6) is 5.88 Å². The van der Waals surface area contributed by atoms with Crippen LogP contribution in [0.3, 0.4) is 0 Å². The average Bonchev–Trinajstić information content (AvgIpc) is 3.10. The van der Waals surface area contributed by atoms with Crippen LogP contribution in [0.1, 0.15) is 43.0 Å². The third-order valence-corrected chi connectivity index (χ3v) is 7.25. The molecule has 3 rings (SSSR count). The van der Waals surface area contributed by atoms with Gasteiger partial charge in [-0.2, -0.15) is 4.31 Å². The summed E-state index contributed by atoms with van der Waals surface area (Å²) in [5, 5.41) is 2.67. The molecule has 11 heteroatoms. The van der Waals surface area contributed by atoms with Crippen molar-refractivity contribution in [3.63, 3.8) is 0 Å². The molecule has 0 saturated carbocycles.